The lowest BCUT2D eigenvalue weighted by molar-refractivity contribution is 0.156. The number of ether oxygens (including phenoxy) is 1. The lowest BCUT2D eigenvalue weighted by atomic mass is 9.87. The summed E-state index contributed by atoms with van der Waals surface area (Å²) in [6.07, 6.45) is 4.71. The maximum Gasteiger partial charge on any atom is 0.216 e. The van der Waals surface area contributed by atoms with Crippen LogP contribution in [0.25, 0.3) is 11.6 Å². The summed E-state index contributed by atoms with van der Waals surface area (Å²) in [5, 5.41) is 10.6. The van der Waals surface area contributed by atoms with Crippen LogP contribution in [-0.2, 0) is 11.2 Å². The molecule has 8 heteroatoms. The summed E-state index contributed by atoms with van der Waals surface area (Å²) in [5.41, 5.74) is 0.334. The lowest BCUT2D eigenvalue weighted by Gasteiger charge is -2.24. The van der Waals surface area contributed by atoms with Crippen LogP contribution in [0.3, 0.4) is 0 Å². The Morgan fingerprint density at radius 1 is 1.48 bits per heavy atom. The molecule has 2 fully saturated rings. The molecule has 0 bridgehead atoms. The van der Waals surface area contributed by atoms with E-state index in [4.69, 9.17) is 9.15 Å². The molecule has 2 aliphatic rings. The van der Waals surface area contributed by atoms with Crippen LogP contribution >= 0.6 is 0 Å². The fraction of sp³-hybridized carbons (Fsp3) is 0.588. The van der Waals surface area contributed by atoms with Crippen LogP contribution in [0.2, 0.25) is 0 Å². The third-order valence-corrected chi connectivity index (χ3v) is 5.05. The van der Waals surface area contributed by atoms with Gasteiger partial charge in [0.05, 0.1) is 12.9 Å². The van der Waals surface area contributed by atoms with Gasteiger partial charge in [-0.25, -0.2) is 4.98 Å². The number of H-pyrrole nitrogens is 1. The second kappa shape index (κ2) is 6.87. The largest absolute Gasteiger partial charge is 0.461 e. The van der Waals surface area contributed by atoms with E-state index < -0.39 is 0 Å². The van der Waals surface area contributed by atoms with Crippen molar-refractivity contribution in [2.75, 3.05) is 39.9 Å². The minimum Gasteiger partial charge on any atom is -0.461 e. The Morgan fingerprint density at radius 3 is 3.20 bits per heavy atom. The molecule has 134 valence electrons. The second-order valence-electron chi connectivity index (χ2n) is 6.78. The molecule has 0 aromatic carbocycles. The predicted octanol–water partition coefficient (Wildman–Crippen LogP) is 1.29. The summed E-state index contributed by atoms with van der Waals surface area (Å²) in [5.74, 6) is 3.05. The smallest absolute Gasteiger partial charge is 0.216 e. The Bertz CT molecular complexity index is 717. The first-order valence-electron chi connectivity index (χ1n) is 8.77. The standard InChI is InChI=1S/C17H24N6O2/c1-18-16(23-8-5-17(11-23)6-10-24-12-17)19-7-4-14-20-15(22-21-14)13-3-2-9-25-13/h2-3,9H,4-8,10-12H2,1H3,(H,18,19)(H,20,21,22). The van der Waals surface area contributed by atoms with Crippen LogP contribution in [-0.4, -0.2) is 65.9 Å². The van der Waals surface area contributed by atoms with Gasteiger partial charge in [-0.05, 0) is 25.0 Å². The van der Waals surface area contributed by atoms with Gasteiger partial charge in [0, 0.05) is 45.1 Å². The molecule has 1 atom stereocenters. The maximum absolute atomic E-state index is 5.60. The number of guanidine groups is 1. The van der Waals surface area contributed by atoms with E-state index in [1.165, 1.54) is 6.42 Å². The number of aliphatic imine (C=N–C) groups is 1. The van der Waals surface area contributed by atoms with E-state index in [0.717, 1.165) is 57.5 Å². The number of hydrogen-bond donors (Lipinski definition) is 2. The van der Waals surface area contributed by atoms with Crippen molar-refractivity contribution in [3.8, 4) is 11.6 Å². The van der Waals surface area contributed by atoms with Gasteiger partial charge in [0.15, 0.2) is 11.7 Å². The number of furan rings is 1. The first-order chi connectivity index (χ1) is 12.3. The molecule has 2 aliphatic heterocycles. The van der Waals surface area contributed by atoms with Crippen LogP contribution in [0.1, 0.15) is 18.7 Å². The first-order valence-corrected chi connectivity index (χ1v) is 8.77. The Balaban J connectivity index is 1.29. The Hall–Kier alpha value is -2.35. The van der Waals surface area contributed by atoms with Gasteiger partial charge in [-0.1, -0.05) is 0 Å². The Labute approximate surface area is 146 Å². The van der Waals surface area contributed by atoms with Gasteiger partial charge < -0.3 is 19.4 Å². The average Bonchev–Trinajstić information content (AvgIpc) is 3.41. The quantitative estimate of drug-likeness (QED) is 0.642. The monoisotopic (exact) mass is 344 g/mol. The number of nitrogens with one attached hydrogen (secondary N) is 2. The Morgan fingerprint density at radius 2 is 2.44 bits per heavy atom. The van der Waals surface area contributed by atoms with Gasteiger partial charge in [0.2, 0.25) is 5.82 Å². The first kappa shape index (κ1) is 16.1. The van der Waals surface area contributed by atoms with E-state index in [-0.39, 0.29) is 0 Å². The van der Waals surface area contributed by atoms with Crippen LogP contribution in [0, 0.1) is 5.41 Å². The number of nitrogens with zero attached hydrogens (tertiary/aromatic N) is 4. The molecule has 2 N–H and O–H groups in total. The highest BCUT2D eigenvalue weighted by Gasteiger charge is 2.42. The molecule has 2 aromatic heterocycles. The molecule has 0 saturated carbocycles. The zero-order valence-corrected chi connectivity index (χ0v) is 14.5. The molecular weight excluding hydrogens is 320 g/mol. The molecule has 1 unspecified atom stereocenters. The minimum absolute atomic E-state index is 0.334. The van der Waals surface area contributed by atoms with Gasteiger partial charge in [-0.3, -0.25) is 10.1 Å². The molecule has 0 radical (unpaired) electrons. The zero-order valence-electron chi connectivity index (χ0n) is 14.5. The molecule has 0 aliphatic carbocycles. The number of aromatic nitrogens is 3. The predicted molar refractivity (Wildman–Crippen MR) is 93.2 cm³/mol. The molecule has 2 saturated heterocycles. The van der Waals surface area contributed by atoms with Crippen LogP contribution < -0.4 is 5.32 Å². The summed E-state index contributed by atoms with van der Waals surface area (Å²) in [7, 11) is 1.84. The van der Waals surface area contributed by atoms with Gasteiger partial charge in [-0.2, -0.15) is 5.10 Å². The summed E-state index contributed by atoms with van der Waals surface area (Å²) in [6.45, 7) is 4.59. The summed E-state index contributed by atoms with van der Waals surface area (Å²) in [4.78, 5) is 11.2. The van der Waals surface area contributed by atoms with E-state index >= 15 is 0 Å². The average molecular weight is 344 g/mol. The van der Waals surface area contributed by atoms with Crippen molar-refractivity contribution in [2.24, 2.45) is 10.4 Å². The fourth-order valence-electron chi connectivity index (χ4n) is 3.64. The Kier molecular flexibility index (Phi) is 4.44. The van der Waals surface area contributed by atoms with Crippen molar-refractivity contribution in [1.82, 2.24) is 25.4 Å². The highest BCUT2D eigenvalue weighted by Crippen LogP contribution is 2.38. The normalized spacial score (nSPS) is 23.7. The summed E-state index contributed by atoms with van der Waals surface area (Å²) >= 11 is 0. The van der Waals surface area contributed by atoms with Crippen LogP contribution in [0.5, 0.6) is 0 Å². The lowest BCUT2D eigenvalue weighted by Crippen LogP contribution is -2.42. The van der Waals surface area contributed by atoms with Crippen molar-refractivity contribution in [3.05, 3.63) is 24.2 Å². The molecule has 1 spiro atoms. The number of hydrogen-bond acceptors (Lipinski definition) is 5. The molecule has 8 nitrogen and oxygen atoms in total. The minimum atomic E-state index is 0.334. The van der Waals surface area contributed by atoms with Crippen molar-refractivity contribution in [2.45, 2.75) is 19.3 Å². The van der Waals surface area contributed by atoms with Crippen molar-refractivity contribution in [1.29, 1.82) is 0 Å². The SMILES string of the molecule is CN=C(NCCc1nc(-c2ccco2)n[nH]1)N1CCC2(CCOC2)C1. The van der Waals surface area contributed by atoms with Gasteiger partial charge in [-0.15, -0.1) is 0 Å². The molecule has 4 heterocycles. The zero-order chi connectivity index (χ0) is 17.1. The van der Waals surface area contributed by atoms with E-state index in [1.54, 1.807) is 6.26 Å². The maximum atomic E-state index is 5.60. The van der Waals surface area contributed by atoms with Gasteiger partial charge >= 0.3 is 0 Å². The molecule has 0 amide bonds. The highest BCUT2D eigenvalue weighted by atomic mass is 16.5. The molecule has 4 rings (SSSR count). The van der Waals surface area contributed by atoms with Crippen molar-refractivity contribution >= 4 is 5.96 Å². The highest BCUT2D eigenvalue weighted by molar-refractivity contribution is 5.80. The van der Waals surface area contributed by atoms with Crippen molar-refractivity contribution in [3.63, 3.8) is 0 Å². The molecular formula is C17H24N6O2. The van der Waals surface area contributed by atoms with Gasteiger partial charge in [0.1, 0.15) is 5.82 Å². The van der Waals surface area contributed by atoms with E-state index in [1.807, 2.05) is 19.2 Å². The fourth-order valence-corrected chi connectivity index (χ4v) is 3.64. The van der Waals surface area contributed by atoms with E-state index in [9.17, 15) is 0 Å². The summed E-state index contributed by atoms with van der Waals surface area (Å²) in [6, 6.07) is 3.68. The van der Waals surface area contributed by atoms with Crippen LogP contribution in [0.15, 0.2) is 27.8 Å². The molecule has 2 aromatic rings. The summed E-state index contributed by atoms with van der Waals surface area (Å²) < 4.78 is 10.9. The number of likely N-dealkylation sites (tertiary alicyclic amines) is 1. The second-order valence-corrected chi connectivity index (χ2v) is 6.78. The van der Waals surface area contributed by atoms with E-state index in [2.05, 4.69) is 30.4 Å². The van der Waals surface area contributed by atoms with E-state index in [0.29, 0.717) is 17.0 Å². The van der Waals surface area contributed by atoms with Crippen LogP contribution in [0.4, 0.5) is 0 Å². The third-order valence-electron chi connectivity index (χ3n) is 5.05. The topological polar surface area (TPSA) is 91.6 Å². The molecule has 25 heavy (non-hydrogen) atoms. The third kappa shape index (κ3) is 3.39. The van der Waals surface area contributed by atoms with Crippen molar-refractivity contribution < 1.29 is 9.15 Å². The van der Waals surface area contributed by atoms with Gasteiger partial charge in [0.25, 0.3) is 0 Å². The number of rotatable bonds is 4. The number of aromatic amines is 1.